The third-order valence-corrected chi connectivity index (χ3v) is 5.65. The minimum atomic E-state index is -0.548. The molecule has 31 heavy (non-hydrogen) atoms. The van der Waals surface area contributed by atoms with Gasteiger partial charge in [0.25, 0.3) is 0 Å². The number of carbonyl (C=O) groups excluding carboxylic acids is 1. The van der Waals surface area contributed by atoms with Crippen LogP contribution in [0, 0.1) is 12.7 Å². The first-order chi connectivity index (χ1) is 14.9. The van der Waals surface area contributed by atoms with Crippen LogP contribution < -0.4 is 10.1 Å². The highest BCUT2D eigenvalue weighted by Gasteiger charge is 2.15. The van der Waals surface area contributed by atoms with Gasteiger partial charge in [-0.15, -0.1) is 16.8 Å². The molecule has 0 radical (unpaired) electrons. The lowest BCUT2D eigenvalue weighted by atomic mass is 10.2. The predicted octanol–water partition coefficient (Wildman–Crippen LogP) is 5.53. The van der Waals surface area contributed by atoms with Gasteiger partial charge in [-0.2, -0.15) is 0 Å². The van der Waals surface area contributed by atoms with Gasteiger partial charge in [0.05, 0.1) is 15.8 Å². The van der Waals surface area contributed by atoms with Gasteiger partial charge in [0.1, 0.15) is 18.2 Å². The van der Waals surface area contributed by atoms with Crippen LogP contribution in [0.5, 0.6) is 5.75 Å². The van der Waals surface area contributed by atoms with Crippen LogP contribution in [0.1, 0.15) is 11.4 Å². The van der Waals surface area contributed by atoms with E-state index in [0.29, 0.717) is 34.0 Å². The molecule has 1 amide bonds. The van der Waals surface area contributed by atoms with Crippen molar-refractivity contribution >= 4 is 46.6 Å². The van der Waals surface area contributed by atoms with Crippen LogP contribution in [0.2, 0.25) is 10.0 Å². The second-order valence-corrected chi connectivity index (χ2v) is 8.24. The lowest BCUT2D eigenvalue weighted by Gasteiger charge is -2.11. The third kappa shape index (κ3) is 6.22. The number of ether oxygens (including phenoxy) is 1. The second-order valence-electron chi connectivity index (χ2n) is 6.49. The standard InChI is InChI=1S/C21H19Cl2FN4O2S/c1-3-8-28-19(11-30-18-9-13(2)4-6-15(18)22)26-27-21(28)31-12-20(29)25-14-5-7-17(24)16(23)10-14/h3-7,9-10H,1,8,11-12H2,2H3,(H,25,29). The summed E-state index contributed by atoms with van der Waals surface area (Å²) in [6.07, 6.45) is 1.71. The van der Waals surface area contributed by atoms with E-state index in [1.165, 1.54) is 30.0 Å². The molecule has 0 spiro atoms. The van der Waals surface area contributed by atoms with E-state index in [4.69, 9.17) is 27.9 Å². The Morgan fingerprint density at radius 2 is 2.06 bits per heavy atom. The molecule has 1 heterocycles. The molecule has 10 heteroatoms. The van der Waals surface area contributed by atoms with Crippen LogP contribution in [-0.4, -0.2) is 26.4 Å². The van der Waals surface area contributed by atoms with Crippen LogP contribution in [0.4, 0.5) is 10.1 Å². The summed E-state index contributed by atoms with van der Waals surface area (Å²) in [5, 5.41) is 12.0. The van der Waals surface area contributed by atoms with Crippen molar-refractivity contribution < 1.29 is 13.9 Å². The van der Waals surface area contributed by atoms with Crippen LogP contribution in [0.25, 0.3) is 0 Å². The Labute approximate surface area is 193 Å². The highest BCUT2D eigenvalue weighted by atomic mass is 35.5. The van der Waals surface area contributed by atoms with Crippen LogP contribution in [0.15, 0.2) is 54.2 Å². The average molecular weight is 481 g/mol. The molecule has 0 aliphatic heterocycles. The Balaban J connectivity index is 1.64. The molecule has 3 aromatic rings. The van der Waals surface area contributed by atoms with Gasteiger partial charge in [-0.3, -0.25) is 9.36 Å². The number of aryl methyl sites for hydroxylation is 1. The first-order valence-corrected chi connectivity index (χ1v) is 10.9. The normalized spacial score (nSPS) is 10.7. The Morgan fingerprint density at radius 1 is 1.26 bits per heavy atom. The monoisotopic (exact) mass is 480 g/mol. The van der Waals surface area contributed by atoms with Crippen molar-refractivity contribution in [2.75, 3.05) is 11.1 Å². The number of hydrogen-bond donors (Lipinski definition) is 1. The number of aromatic nitrogens is 3. The first kappa shape index (κ1) is 23.1. The molecule has 0 aliphatic carbocycles. The largest absolute Gasteiger partial charge is 0.484 e. The molecule has 6 nitrogen and oxygen atoms in total. The zero-order chi connectivity index (χ0) is 22.4. The molecule has 0 fully saturated rings. The lowest BCUT2D eigenvalue weighted by molar-refractivity contribution is -0.113. The van der Waals surface area contributed by atoms with Crippen molar-refractivity contribution in [3.8, 4) is 5.75 Å². The number of benzene rings is 2. The first-order valence-electron chi connectivity index (χ1n) is 9.17. The fraction of sp³-hybridized carbons (Fsp3) is 0.190. The molecule has 0 aliphatic rings. The summed E-state index contributed by atoms with van der Waals surface area (Å²) in [5.41, 5.74) is 1.44. The number of nitrogens with one attached hydrogen (secondary N) is 1. The zero-order valence-corrected chi connectivity index (χ0v) is 18.9. The maximum atomic E-state index is 13.2. The number of hydrogen-bond acceptors (Lipinski definition) is 5. The lowest BCUT2D eigenvalue weighted by Crippen LogP contribution is -2.15. The van der Waals surface area contributed by atoms with Crippen molar-refractivity contribution in [3.05, 3.63) is 76.3 Å². The molecular formula is C21H19Cl2FN4O2S. The summed E-state index contributed by atoms with van der Waals surface area (Å²) in [5.74, 6) is 0.375. The molecule has 0 saturated heterocycles. The number of rotatable bonds is 9. The van der Waals surface area contributed by atoms with E-state index < -0.39 is 5.82 Å². The quantitative estimate of drug-likeness (QED) is 0.322. The van der Waals surface area contributed by atoms with Crippen molar-refractivity contribution in [3.63, 3.8) is 0 Å². The van der Waals surface area contributed by atoms with Crippen molar-refractivity contribution in [1.82, 2.24) is 14.8 Å². The minimum absolute atomic E-state index is 0.0606. The van der Waals surface area contributed by atoms with Crippen LogP contribution in [0.3, 0.4) is 0 Å². The molecule has 0 unspecified atom stereocenters. The van der Waals surface area contributed by atoms with Crippen molar-refractivity contribution in [2.45, 2.75) is 25.2 Å². The van der Waals surface area contributed by atoms with Gasteiger partial charge in [0.2, 0.25) is 5.91 Å². The van der Waals surface area contributed by atoms with Crippen LogP contribution in [-0.2, 0) is 17.9 Å². The number of amides is 1. The molecule has 162 valence electrons. The summed E-state index contributed by atoms with van der Waals surface area (Å²) in [4.78, 5) is 12.3. The van der Waals surface area contributed by atoms with Crippen molar-refractivity contribution in [1.29, 1.82) is 0 Å². The Hall–Kier alpha value is -2.55. The molecule has 0 bridgehead atoms. The Kier molecular flexibility index (Phi) is 7.95. The van der Waals surface area contributed by atoms with Gasteiger partial charge < -0.3 is 10.1 Å². The average Bonchev–Trinajstić information content (AvgIpc) is 3.12. The van der Waals surface area contributed by atoms with Gasteiger partial charge in [-0.05, 0) is 42.8 Å². The molecular weight excluding hydrogens is 462 g/mol. The number of thioether (sulfide) groups is 1. The highest BCUT2D eigenvalue weighted by Crippen LogP contribution is 2.27. The predicted molar refractivity (Wildman–Crippen MR) is 122 cm³/mol. The third-order valence-electron chi connectivity index (χ3n) is 4.08. The smallest absolute Gasteiger partial charge is 0.234 e. The molecule has 3 rings (SSSR count). The summed E-state index contributed by atoms with van der Waals surface area (Å²) in [6, 6.07) is 9.50. The van der Waals surface area contributed by atoms with Gasteiger partial charge in [0.15, 0.2) is 11.0 Å². The number of nitrogens with zero attached hydrogens (tertiary/aromatic N) is 3. The van der Waals surface area contributed by atoms with E-state index in [1.54, 1.807) is 12.1 Å². The minimum Gasteiger partial charge on any atom is -0.484 e. The molecule has 0 saturated carbocycles. The van der Waals surface area contributed by atoms with Gasteiger partial charge in [-0.1, -0.05) is 47.1 Å². The number of carbonyl (C=O) groups is 1. The summed E-state index contributed by atoms with van der Waals surface area (Å²) >= 11 is 13.1. The molecule has 0 atom stereocenters. The van der Waals surface area contributed by atoms with Gasteiger partial charge >= 0.3 is 0 Å². The van der Waals surface area contributed by atoms with E-state index in [1.807, 2.05) is 23.6 Å². The van der Waals surface area contributed by atoms with Crippen LogP contribution >= 0.6 is 35.0 Å². The number of halogens is 3. The highest BCUT2D eigenvalue weighted by molar-refractivity contribution is 7.99. The van der Waals surface area contributed by atoms with E-state index in [9.17, 15) is 9.18 Å². The van der Waals surface area contributed by atoms with Gasteiger partial charge in [-0.25, -0.2) is 4.39 Å². The number of allylic oxidation sites excluding steroid dienone is 1. The fourth-order valence-electron chi connectivity index (χ4n) is 2.61. The summed E-state index contributed by atoms with van der Waals surface area (Å²) < 4.78 is 20.9. The topological polar surface area (TPSA) is 69.0 Å². The van der Waals surface area contributed by atoms with Crippen molar-refractivity contribution in [2.24, 2.45) is 0 Å². The zero-order valence-electron chi connectivity index (χ0n) is 16.6. The summed E-state index contributed by atoms with van der Waals surface area (Å²) in [6.45, 7) is 6.31. The van der Waals surface area contributed by atoms with E-state index in [-0.39, 0.29) is 23.3 Å². The molecule has 2 aromatic carbocycles. The van der Waals surface area contributed by atoms with Gasteiger partial charge in [0, 0.05) is 12.2 Å². The maximum Gasteiger partial charge on any atom is 0.234 e. The fourth-order valence-corrected chi connectivity index (χ4v) is 3.73. The SMILES string of the molecule is C=CCn1c(COc2cc(C)ccc2Cl)nnc1SCC(=O)Nc1ccc(F)c(Cl)c1. The Morgan fingerprint density at radius 3 is 2.81 bits per heavy atom. The van der Waals surface area contributed by atoms with E-state index in [0.717, 1.165) is 5.56 Å². The maximum absolute atomic E-state index is 13.2. The number of anilines is 1. The molecule has 1 aromatic heterocycles. The van der Waals surface area contributed by atoms with E-state index in [2.05, 4.69) is 22.1 Å². The van der Waals surface area contributed by atoms with E-state index >= 15 is 0 Å². The second kappa shape index (κ2) is 10.7. The Bertz CT molecular complexity index is 1110. The summed E-state index contributed by atoms with van der Waals surface area (Å²) in [7, 11) is 0. The molecule has 1 N–H and O–H groups in total.